The second kappa shape index (κ2) is 4.67. The van der Waals surface area contributed by atoms with Crippen LogP contribution in [0.4, 0.5) is 0 Å². The van der Waals surface area contributed by atoms with E-state index in [1.165, 1.54) is 11.1 Å². The van der Waals surface area contributed by atoms with Crippen molar-refractivity contribution in [3.8, 4) is 5.75 Å². The van der Waals surface area contributed by atoms with Gasteiger partial charge < -0.3 is 15.2 Å². The van der Waals surface area contributed by atoms with Gasteiger partial charge in [-0.2, -0.15) is 0 Å². The minimum atomic E-state index is 0.224. The zero-order chi connectivity index (χ0) is 11.7. The van der Waals surface area contributed by atoms with Gasteiger partial charge in [0.05, 0.1) is 13.2 Å². The van der Waals surface area contributed by atoms with Crippen molar-refractivity contribution >= 4 is 0 Å². The van der Waals surface area contributed by atoms with E-state index in [0.29, 0.717) is 6.10 Å². The summed E-state index contributed by atoms with van der Waals surface area (Å²) in [5.41, 5.74) is 8.68. The molecule has 0 amide bonds. The SMILES string of the molecule is NC1CCc2cc(OC3CCOCC3)ccc21. The van der Waals surface area contributed by atoms with E-state index in [2.05, 4.69) is 18.2 Å². The van der Waals surface area contributed by atoms with Gasteiger partial charge in [-0.3, -0.25) is 0 Å². The summed E-state index contributed by atoms with van der Waals surface area (Å²) in [6.45, 7) is 1.64. The Morgan fingerprint density at radius 2 is 2.00 bits per heavy atom. The molecule has 1 heterocycles. The standard InChI is InChI=1S/C14H19NO2/c15-14-4-1-10-9-12(2-3-13(10)14)17-11-5-7-16-8-6-11/h2-3,9,11,14H,1,4-8,15H2. The van der Waals surface area contributed by atoms with Gasteiger partial charge in [0.25, 0.3) is 0 Å². The Balaban J connectivity index is 1.71. The lowest BCUT2D eigenvalue weighted by Gasteiger charge is -2.23. The smallest absolute Gasteiger partial charge is 0.120 e. The van der Waals surface area contributed by atoms with E-state index >= 15 is 0 Å². The molecule has 0 bridgehead atoms. The molecule has 2 N–H and O–H groups in total. The highest BCUT2D eigenvalue weighted by molar-refractivity contribution is 5.40. The monoisotopic (exact) mass is 233 g/mol. The average Bonchev–Trinajstić information content (AvgIpc) is 2.72. The first kappa shape index (κ1) is 11.1. The molecular weight excluding hydrogens is 214 g/mol. The Morgan fingerprint density at radius 1 is 1.18 bits per heavy atom. The maximum Gasteiger partial charge on any atom is 0.120 e. The van der Waals surface area contributed by atoms with Crippen LogP contribution in [0.2, 0.25) is 0 Å². The highest BCUT2D eigenvalue weighted by Gasteiger charge is 2.20. The second-order valence-electron chi connectivity index (χ2n) is 4.94. The molecule has 3 rings (SSSR count). The van der Waals surface area contributed by atoms with Crippen molar-refractivity contribution in [1.82, 2.24) is 0 Å². The fraction of sp³-hybridized carbons (Fsp3) is 0.571. The third kappa shape index (κ3) is 2.31. The minimum absolute atomic E-state index is 0.224. The maximum atomic E-state index is 6.02. The summed E-state index contributed by atoms with van der Waals surface area (Å²) in [5.74, 6) is 0.991. The molecule has 2 aliphatic rings. The van der Waals surface area contributed by atoms with Crippen molar-refractivity contribution in [3.63, 3.8) is 0 Å². The molecule has 3 nitrogen and oxygen atoms in total. The largest absolute Gasteiger partial charge is 0.490 e. The van der Waals surface area contributed by atoms with Crippen molar-refractivity contribution in [2.75, 3.05) is 13.2 Å². The van der Waals surface area contributed by atoms with Gasteiger partial charge in [-0.15, -0.1) is 0 Å². The van der Waals surface area contributed by atoms with Crippen LogP contribution in [0.25, 0.3) is 0 Å². The molecule has 1 fully saturated rings. The summed E-state index contributed by atoms with van der Waals surface area (Å²) in [6, 6.07) is 6.57. The number of benzene rings is 1. The number of hydrogen-bond acceptors (Lipinski definition) is 3. The third-order valence-corrected chi connectivity index (χ3v) is 3.71. The summed E-state index contributed by atoms with van der Waals surface area (Å²) < 4.78 is 11.3. The number of ether oxygens (including phenoxy) is 2. The van der Waals surface area contributed by atoms with Crippen LogP contribution in [0.3, 0.4) is 0 Å². The zero-order valence-corrected chi connectivity index (χ0v) is 10.0. The topological polar surface area (TPSA) is 44.5 Å². The molecule has 3 heteroatoms. The molecular formula is C14H19NO2. The van der Waals surface area contributed by atoms with Crippen molar-refractivity contribution in [2.24, 2.45) is 5.73 Å². The molecule has 1 aromatic rings. The predicted molar refractivity (Wildman–Crippen MR) is 66.2 cm³/mol. The van der Waals surface area contributed by atoms with Crippen LogP contribution in [0.5, 0.6) is 5.75 Å². The Hall–Kier alpha value is -1.06. The van der Waals surface area contributed by atoms with Crippen LogP contribution < -0.4 is 10.5 Å². The van der Waals surface area contributed by atoms with Gasteiger partial charge >= 0.3 is 0 Å². The Morgan fingerprint density at radius 3 is 2.82 bits per heavy atom. The summed E-state index contributed by atoms with van der Waals surface area (Å²) >= 11 is 0. The van der Waals surface area contributed by atoms with Gasteiger partial charge in [0.1, 0.15) is 11.9 Å². The Labute approximate surface area is 102 Å². The first-order valence-corrected chi connectivity index (χ1v) is 6.46. The molecule has 92 valence electrons. The fourth-order valence-electron chi connectivity index (χ4n) is 2.69. The van der Waals surface area contributed by atoms with E-state index in [0.717, 1.165) is 44.6 Å². The van der Waals surface area contributed by atoms with E-state index in [1.807, 2.05) is 0 Å². The highest BCUT2D eigenvalue weighted by Crippen LogP contribution is 2.32. The van der Waals surface area contributed by atoms with E-state index in [4.69, 9.17) is 15.2 Å². The lowest BCUT2D eigenvalue weighted by atomic mass is 10.1. The fourth-order valence-corrected chi connectivity index (χ4v) is 2.69. The Bertz CT molecular complexity index is 399. The first-order chi connectivity index (χ1) is 8.33. The van der Waals surface area contributed by atoms with Crippen molar-refractivity contribution in [3.05, 3.63) is 29.3 Å². The van der Waals surface area contributed by atoms with Gasteiger partial charge in [0.2, 0.25) is 0 Å². The van der Waals surface area contributed by atoms with Gasteiger partial charge in [-0.05, 0) is 36.1 Å². The minimum Gasteiger partial charge on any atom is -0.490 e. The van der Waals surface area contributed by atoms with Gasteiger partial charge in [-0.1, -0.05) is 6.07 Å². The molecule has 1 aromatic carbocycles. The van der Waals surface area contributed by atoms with Crippen molar-refractivity contribution in [1.29, 1.82) is 0 Å². The van der Waals surface area contributed by atoms with Crippen LogP contribution in [0.1, 0.15) is 36.4 Å². The molecule has 1 saturated heterocycles. The quantitative estimate of drug-likeness (QED) is 0.851. The number of nitrogens with two attached hydrogens (primary N) is 1. The van der Waals surface area contributed by atoms with Crippen LogP contribution in [-0.4, -0.2) is 19.3 Å². The molecule has 1 unspecified atom stereocenters. The van der Waals surface area contributed by atoms with Gasteiger partial charge in [-0.25, -0.2) is 0 Å². The first-order valence-electron chi connectivity index (χ1n) is 6.46. The van der Waals surface area contributed by atoms with E-state index < -0.39 is 0 Å². The van der Waals surface area contributed by atoms with Crippen LogP contribution in [-0.2, 0) is 11.2 Å². The number of hydrogen-bond donors (Lipinski definition) is 1. The zero-order valence-electron chi connectivity index (χ0n) is 10.0. The number of fused-ring (bicyclic) bond motifs is 1. The molecule has 0 spiro atoms. The average molecular weight is 233 g/mol. The summed E-state index contributed by atoms with van der Waals surface area (Å²) in [4.78, 5) is 0. The van der Waals surface area contributed by atoms with Crippen LogP contribution in [0.15, 0.2) is 18.2 Å². The van der Waals surface area contributed by atoms with Crippen molar-refractivity contribution < 1.29 is 9.47 Å². The maximum absolute atomic E-state index is 6.02. The van der Waals surface area contributed by atoms with Gasteiger partial charge in [0, 0.05) is 18.9 Å². The van der Waals surface area contributed by atoms with Gasteiger partial charge in [0.15, 0.2) is 0 Å². The lowest BCUT2D eigenvalue weighted by molar-refractivity contribution is 0.0255. The summed E-state index contributed by atoms with van der Waals surface area (Å²) in [5, 5.41) is 0. The summed E-state index contributed by atoms with van der Waals surface area (Å²) in [7, 11) is 0. The number of rotatable bonds is 2. The Kier molecular flexibility index (Phi) is 3.04. The van der Waals surface area contributed by atoms with E-state index in [1.54, 1.807) is 0 Å². The van der Waals surface area contributed by atoms with E-state index in [9.17, 15) is 0 Å². The second-order valence-corrected chi connectivity index (χ2v) is 4.94. The predicted octanol–water partition coefficient (Wildman–Crippen LogP) is 2.19. The molecule has 17 heavy (non-hydrogen) atoms. The van der Waals surface area contributed by atoms with Crippen LogP contribution >= 0.6 is 0 Å². The molecule has 1 atom stereocenters. The molecule has 1 aliphatic carbocycles. The normalized spacial score (nSPS) is 24.6. The third-order valence-electron chi connectivity index (χ3n) is 3.71. The number of aryl methyl sites for hydroxylation is 1. The highest BCUT2D eigenvalue weighted by atomic mass is 16.5. The molecule has 1 aliphatic heterocycles. The lowest BCUT2D eigenvalue weighted by Crippen LogP contribution is -2.25. The molecule has 0 saturated carbocycles. The van der Waals surface area contributed by atoms with E-state index in [-0.39, 0.29) is 6.04 Å². The van der Waals surface area contributed by atoms with Crippen molar-refractivity contribution in [2.45, 2.75) is 37.8 Å². The molecule has 0 radical (unpaired) electrons. The summed E-state index contributed by atoms with van der Waals surface area (Å²) in [6.07, 6.45) is 4.46. The van der Waals surface area contributed by atoms with Crippen LogP contribution in [0, 0.1) is 0 Å². The molecule has 0 aromatic heterocycles.